The summed E-state index contributed by atoms with van der Waals surface area (Å²) in [6.07, 6.45) is 0. The van der Waals surface area contributed by atoms with Gasteiger partial charge in [0, 0.05) is 5.69 Å². The summed E-state index contributed by atoms with van der Waals surface area (Å²) in [5, 5.41) is 2.77. The average Bonchev–Trinajstić information content (AvgIpc) is 2.56. The fourth-order valence-corrected chi connectivity index (χ4v) is 2.00. The number of hydrogen-bond acceptors (Lipinski definition) is 4. The van der Waals surface area contributed by atoms with Gasteiger partial charge in [0.2, 0.25) is 5.91 Å². The van der Waals surface area contributed by atoms with Gasteiger partial charge in [0.1, 0.15) is 5.75 Å². The van der Waals surface area contributed by atoms with Gasteiger partial charge in [-0.15, -0.1) is 12.4 Å². The number of anilines is 1. The zero-order valence-corrected chi connectivity index (χ0v) is 14.6. The second-order valence-electron chi connectivity index (χ2n) is 5.32. The average molecular weight is 351 g/mol. The minimum absolute atomic E-state index is 0. The Morgan fingerprint density at radius 1 is 1.12 bits per heavy atom. The third-order valence-corrected chi connectivity index (χ3v) is 3.30. The molecule has 0 aliphatic carbocycles. The molecule has 2 aromatic rings. The minimum atomic E-state index is -0.537. The van der Waals surface area contributed by atoms with Crippen molar-refractivity contribution in [1.29, 1.82) is 0 Å². The van der Waals surface area contributed by atoms with Crippen LogP contribution in [0.3, 0.4) is 0 Å². The third kappa shape index (κ3) is 6.20. The van der Waals surface area contributed by atoms with Crippen LogP contribution < -0.4 is 15.8 Å². The highest BCUT2D eigenvalue weighted by Crippen LogP contribution is 2.15. The lowest BCUT2D eigenvalue weighted by Gasteiger charge is -2.10. The highest BCUT2D eigenvalue weighted by molar-refractivity contribution is 5.94. The number of halogens is 1. The van der Waals surface area contributed by atoms with E-state index in [0.29, 0.717) is 13.2 Å². The van der Waals surface area contributed by atoms with Gasteiger partial charge in [0.25, 0.3) is 0 Å². The smallest absolute Gasteiger partial charge is 0.240 e. The van der Waals surface area contributed by atoms with Gasteiger partial charge >= 0.3 is 0 Å². The van der Waals surface area contributed by atoms with Crippen LogP contribution in [0.25, 0.3) is 0 Å². The Kier molecular flexibility index (Phi) is 8.26. The second-order valence-corrected chi connectivity index (χ2v) is 5.32. The van der Waals surface area contributed by atoms with Gasteiger partial charge in [-0.25, -0.2) is 0 Å². The molecule has 0 fully saturated rings. The van der Waals surface area contributed by atoms with Crippen molar-refractivity contribution in [3.8, 4) is 5.75 Å². The highest BCUT2D eigenvalue weighted by atomic mass is 35.5. The molecule has 1 amide bonds. The topological polar surface area (TPSA) is 73.6 Å². The molecule has 2 aromatic carbocycles. The molecule has 5 nitrogen and oxygen atoms in total. The van der Waals surface area contributed by atoms with E-state index >= 15 is 0 Å². The maximum atomic E-state index is 11.6. The fraction of sp³-hybridized carbons (Fsp3) is 0.278. The molecule has 1 atom stereocenters. The van der Waals surface area contributed by atoms with Crippen molar-refractivity contribution in [3.05, 3.63) is 59.7 Å². The number of amides is 1. The molecule has 0 unspecified atom stereocenters. The lowest BCUT2D eigenvalue weighted by molar-refractivity contribution is -0.117. The van der Waals surface area contributed by atoms with Gasteiger partial charge in [0.05, 0.1) is 26.4 Å². The van der Waals surface area contributed by atoms with E-state index in [-0.39, 0.29) is 18.3 Å². The number of rotatable bonds is 7. The number of ether oxygens (including phenoxy) is 2. The van der Waals surface area contributed by atoms with Crippen LogP contribution >= 0.6 is 12.4 Å². The summed E-state index contributed by atoms with van der Waals surface area (Å²) >= 11 is 0. The molecule has 0 saturated heterocycles. The number of benzene rings is 2. The summed E-state index contributed by atoms with van der Waals surface area (Å²) in [5.41, 5.74) is 8.32. The van der Waals surface area contributed by atoms with E-state index < -0.39 is 6.04 Å². The van der Waals surface area contributed by atoms with E-state index in [0.717, 1.165) is 22.6 Å². The number of methoxy groups -OCH3 is 1. The predicted molar refractivity (Wildman–Crippen MR) is 97.5 cm³/mol. The Bertz CT molecular complexity index is 645. The van der Waals surface area contributed by atoms with Crippen LogP contribution in [0.15, 0.2) is 48.5 Å². The van der Waals surface area contributed by atoms with E-state index in [9.17, 15) is 4.79 Å². The van der Waals surface area contributed by atoms with Crippen LogP contribution in [-0.2, 0) is 22.7 Å². The summed E-state index contributed by atoms with van der Waals surface area (Å²) in [6, 6.07) is 14.8. The normalized spacial score (nSPS) is 11.3. The van der Waals surface area contributed by atoms with Gasteiger partial charge < -0.3 is 20.5 Å². The summed E-state index contributed by atoms with van der Waals surface area (Å²) in [7, 11) is 1.64. The van der Waals surface area contributed by atoms with Gasteiger partial charge in [-0.2, -0.15) is 0 Å². The molecule has 0 aliphatic rings. The Morgan fingerprint density at radius 2 is 1.79 bits per heavy atom. The highest BCUT2D eigenvalue weighted by Gasteiger charge is 2.07. The van der Waals surface area contributed by atoms with E-state index in [1.807, 2.05) is 48.5 Å². The molecule has 3 N–H and O–H groups in total. The molecule has 0 heterocycles. The molecular weight excluding hydrogens is 328 g/mol. The lowest BCUT2D eigenvalue weighted by atomic mass is 10.2. The van der Waals surface area contributed by atoms with Crippen molar-refractivity contribution in [2.75, 3.05) is 12.4 Å². The Morgan fingerprint density at radius 3 is 2.42 bits per heavy atom. The quantitative estimate of drug-likeness (QED) is 0.804. The molecule has 6 heteroatoms. The monoisotopic (exact) mass is 350 g/mol. The maximum Gasteiger partial charge on any atom is 0.240 e. The SMILES string of the molecule is COc1ccc(COCc2cccc(NC(=O)[C@@H](C)N)c2)cc1.Cl. The van der Waals surface area contributed by atoms with E-state index in [1.54, 1.807) is 14.0 Å². The zero-order valence-electron chi connectivity index (χ0n) is 13.8. The minimum Gasteiger partial charge on any atom is -0.497 e. The summed E-state index contributed by atoms with van der Waals surface area (Å²) < 4.78 is 10.8. The predicted octanol–water partition coefficient (Wildman–Crippen LogP) is 3.12. The Balaban J connectivity index is 0.00000288. The molecule has 0 bridgehead atoms. The van der Waals surface area contributed by atoms with Crippen LogP contribution in [0.4, 0.5) is 5.69 Å². The number of nitrogens with two attached hydrogens (primary N) is 1. The molecular formula is C18H23ClN2O3. The third-order valence-electron chi connectivity index (χ3n) is 3.30. The van der Waals surface area contributed by atoms with Crippen molar-refractivity contribution in [2.45, 2.75) is 26.2 Å². The number of nitrogens with one attached hydrogen (secondary N) is 1. The standard InChI is InChI=1S/C18H22N2O3.ClH/c1-13(19)18(21)20-16-5-3-4-15(10-16)12-23-11-14-6-8-17(22-2)9-7-14;/h3-10,13H,11-12,19H2,1-2H3,(H,20,21);1H/t13-;/m1./s1. The zero-order chi connectivity index (χ0) is 16.7. The summed E-state index contributed by atoms with van der Waals surface area (Å²) in [6.45, 7) is 2.63. The lowest BCUT2D eigenvalue weighted by Crippen LogP contribution is -2.32. The van der Waals surface area contributed by atoms with Crippen molar-refractivity contribution in [3.63, 3.8) is 0 Å². The van der Waals surface area contributed by atoms with Crippen LogP contribution in [0.1, 0.15) is 18.1 Å². The second kappa shape index (κ2) is 9.93. The summed E-state index contributed by atoms with van der Waals surface area (Å²) in [4.78, 5) is 11.6. The first-order chi connectivity index (χ1) is 11.1. The Labute approximate surface area is 148 Å². The number of carbonyl (C=O) groups excluding carboxylic acids is 1. The molecule has 0 saturated carbocycles. The molecule has 0 radical (unpaired) electrons. The van der Waals surface area contributed by atoms with Crippen molar-refractivity contribution >= 4 is 24.0 Å². The van der Waals surface area contributed by atoms with E-state index in [4.69, 9.17) is 15.2 Å². The molecule has 130 valence electrons. The van der Waals surface area contributed by atoms with Crippen LogP contribution in [0.2, 0.25) is 0 Å². The van der Waals surface area contributed by atoms with Gasteiger partial charge in [-0.1, -0.05) is 24.3 Å². The first-order valence-electron chi connectivity index (χ1n) is 7.44. The number of carbonyl (C=O) groups is 1. The largest absolute Gasteiger partial charge is 0.497 e. The van der Waals surface area contributed by atoms with E-state index in [1.165, 1.54) is 0 Å². The van der Waals surface area contributed by atoms with Crippen molar-refractivity contribution in [2.24, 2.45) is 5.73 Å². The van der Waals surface area contributed by atoms with Crippen molar-refractivity contribution < 1.29 is 14.3 Å². The Hall–Kier alpha value is -2.08. The number of hydrogen-bond donors (Lipinski definition) is 2. The van der Waals surface area contributed by atoms with Crippen molar-refractivity contribution in [1.82, 2.24) is 0 Å². The van der Waals surface area contributed by atoms with Crippen LogP contribution in [0, 0.1) is 0 Å². The first kappa shape index (κ1) is 20.0. The molecule has 2 rings (SSSR count). The van der Waals surface area contributed by atoms with Gasteiger partial charge in [-0.05, 0) is 42.3 Å². The molecule has 24 heavy (non-hydrogen) atoms. The maximum absolute atomic E-state index is 11.6. The van der Waals surface area contributed by atoms with Gasteiger partial charge in [0.15, 0.2) is 0 Å². The molecule has 0 spiro atoms. The first-order valence-corrected chi connectivity index (χ1v) is 7.44. The molecule has 0 aromatic heterocycles. The van der Waals surface area contributed by atoms with Gasteiger partial charge in [-0.3, -0.25) is 4.79 Å². The van der Waals surface area contributed by atoms with Crippen LogP contribution in [0.5, 0.6) is 5.75 Å². The fourth-order valence-electron chi connectivity index (χ4n) is 2.00. The summed E-state index contributed by atoms with van der Waals surface area (Å²) in [5.74, 6) is 0.618. The van der Waals surface area contributed by atoms with E-state index in [2.05, 4.69) is 5.32 Å². The molecule has 0 aliphatic heterocycles. The van der Waals surface area contributed by atoms with Crippen LogP contribution in [-0.4, -0.2) is 19.1 Å².